The van der Waals surface area contributed by atoms with Crippen molar-refractivity contribution in [2.45, 2.75) is 53.2 Å². The molecule has 1 rings (SSSR count). The monoisotopic (exact) mass is 279 g/mol. The zero-order valence-electron chi connectivity index (χ0n) is 13.9. The van der Waals surface area contributed by atoms with Crippen LogP contribution in [0.1, 0.15) is 37.6 Å². The summed E-state index contributed by atoms with van der Waals surface area (Å²) in [5.41, 5.74) is 3.62. The van der Waals surface area contributed by atoms with E-state index in [0.29, 0.717) is 18.7 Å². The van der Waals surface area contributed by atoms with Crippen molar-refractivity contribution in [3.8, 4) is 0 Å². The van der Waals surface area contributed by atoms with Gasteiger partial charge in [-0.25, -0.2) is 4.98 Å². The lowest BCUT2D eigenvalue weighted by Gasteiger charge is -2.29. The molecule has 0 fully saturated rings. The number of hydrogen-bond donors (Lipinski definition) is 1. The fraction of sp³-hybridized carbons (Fsp3) is 0.688. The zero-order valence-corrected chi connectivity index (χ0v) is 13.9. The first-order valence-electron chi connectivity index (χ1n) is 7.29. The van der Waals surface area contributed by atoms with Crippen molar-refractivity contribution >= 4 is 5.82 Å². The highest BCUT2D eigenvalue weighted by molar-refractivity contribution is 5.51. The molecule has 0 radical (unpaired) electrons. The third-order valence-electron chi connectivity index (χ3n) is 3.54. The minimum absolute atomic E-state index is 0.298. The van der Waals surface area contributed by atoms with Crippen LogP contribution in [0.3, 0.4) is 0 Å². The van der Waals surface area contributed by atoms with Crippen LogP contribution in [-0.4, -0.2) is 37.8 Å². The predicted molar refractivity (Wildman–Crippen MR) is 85.4 cm³/mol. The molecule has 0 spiro atoms. The van der Waals surface area contributed by atoms with Gasteiger partial charge in [0.15, 0.2) is 0 Å². The number of methoxy groups -OCH3 is 1. The zero-order chi connectivity index (χ0) is 15.3. The highest BCUT2D eigenvalue weighted by Gasteiger charge is 2.17. The van der Waals surface area contributed by atoms with Gasteiger partial charge in [0.1, 0.15) is 5.82 Å². The van der Waals surface area contributed by atoms with Gasteiger partial charge < -0.3 is 15.0 Å². The number of ether oxygens (including phenoxy) is 1. The van der Waals surface area contributed by atoms with Crippen molar-refractivity contribution < 1.29 is 4.74 Å². The summed E-state index contributed by atoms with van der Waals surface area (Å²) >= 11 is 0. The average molecular weight is 279 g/mol. The van der Waals surface area contributed by atoms with Crippen molar-refractivity contribution in [2.75, 3.05) is 25.7 Å². The van der Waals surface area contributed by atoms with Gasteiger partial charge >= 0.3 is 0 Å². The maximum Gasteiger partial charge on any atom is 0.133 e. The Labute approximate surface area is 123 Å². The van der Waals surface area contributed by atoms with Gasteiger partial charge in [-0.05, 0) is 32.4 Å². The van der Waals surface area contributed by atoms with Gasteiger partial charge in [-0.2, -0.15) is 0 Å². The fourth-order valence-corrected chi connectivity index (χ4v) is 2.22. The van der Waals surface area contributed by atoms with Crippen molar-refractivity contribution in [1.29, 1.82) is 0 Å². The topological polar surface area (TPSA) is 37.4 Å². The molecule has 1 aromatic rings. The fourth-order valence-electron chi connectivity index (χ4n) is 2.22. The molecule has 0 aliphatic heterocycles. The van der Waals surface area contributed by atoms with E-state index >= 15 is 0 Å². The predicted octanol–water partition coefficient (Wildman–Crippen LogP) is 2.67. The number of aryl methyl sites for hydroxylation is 2. The summed E-state index contributed by atoms with van der Waals surface area (Å²) in [6, 6.07) is 2.91. The summed E-state index contributed by atoms with van der Waals surface area (Å²) in [4.78, 5) is 6.95. The van der Waals surface area contributed by atoms with Gasteiger partial charge in [-0.15, -0.1) is 0 Å². The Morgan fingerprint density at radius 1 is 1.30 bits per heavy atom. The molecule has 0 saturated heterocycles. The molecule has 1 unspecified atom stereocenters. The lowest BCUT2D eigenvalue weighted by atomic mass is 10.1. The number of anilines is 1. The van der Waals surface area contributed by atoms with Crippen molar-refractivity contribution in [3.05, 3.63) is 22.9 Å². The molecule has 1 N–H and O–H groups in total. The van der Waals surface area contributed by atoms with E-state index in [1.165, 1.54) is 11.1 Å². The van der Waals surface area contributed by atoms with Crippen LogP contribution in [0.5, 0.6) is 0 Å². The van der Waals surface area contributed by atoms with Gasteiger partial charge in [0.05, 0.1) is 12.6 Å². The van der Waals surface area contributed by atoms with Crippen LogP contribution in [-0.2, 0) is 11.3 Å². The van der Waals surface area contributed by atoms with E-state index in [9.17, 15) is 0 Å². The molecular weight excluding hydrogens is 250 g/mol. The molecule has 20 heavy (non-hydrogen) atoms. The normalized spacial score (nSPS) is 12.8. The number of rotatable bonds is 7. The molecular formula is C16H29N3O. The summed E-state index contributed by atoms with van der Waals surface area (Å²) in [5.74, 6) is 1.06. The van der Waals surface area contributed by atoms with E-state index in [-0.39, 0.29) is 0 Å². The molecule has 1 aromatic heterocycles. The number of pyridine rings is 1. The molecule has 0 aromatic carbocycles. The average Bonchev–Trinajstić information content (AvgIpc) is 2.36. The highest BCUT2D eigenvalue weighted by Crippen LogP contribution is 2.23. The summed E-state index contributed by atoms with van der Waals surface area (Å²) in [6.45, 7) is 12.2. The number of hydrogen-bond acceptors (Lipinski definition) is 4. The van der Waals surface area contributed by atoms with E-state index < -0.39 is 0 Å². The second-order valence-electron chi connectivity index (χ2n) is 5.83. The summed E-state index contributed by atoms with van der Waals surface area (Å²) in [6.07, 6.45) is 0. The van der Waals surface area contributed by atoms with E-state index in [1.54, 1.807) is 7.11 Å². The molecule has 4 heteroatoms. The van der Waals surface area contributed by atoms with Gasteiger partial charge in [0.25, 0.3) is 0 Å². The van der Waals surface area contributed by atoms with Crippen LogP contribution >= 0.6 is 0 Å². The first kappa shape index (κ1) is 16.9. The molecule has 114 valence electrons. The van der Waals surface area contributed by atoms with Crippen LogP contribution in [0.15, 0.2) is 6.07 Å². The van der Waals surface area contributed by atoms with Crippen molar-refractivity contribution in [3.63, 3.8) is 0 Å². The maximum absolute atomic E-state index is 5.26. The van der Waals surface area contributed by atoms with Gasteiger partial charge in [0.2, 0.25) is 0 Å². The third-order valence-corrected chi connectivity index (χ3v) is 3.54. The first-order valence-corrected chi connectivity index (χ1v) is 7.29. The van der Waals surface area contributed by atoms with E-state index in [1.807, 2.05) is 6.92 Å². The molecule has 0 saturated carbocycles. The summed E-state index contributed by atoms with van der Waals surface area (Å²) in [5, 5.41) is 3.49. The lowest BCUT2D eigenvalue weighted by molar-refractivity contribution is 0.183. The Balaban J connectivity index is 3.08. The summed E-state index contributed by atoms with van der Waals surface area (Å²) in [7, 11) is 3.82. The van der Waals surface area contributed by atoms with E-state index in [4.69, 9.17) is 9.72 Å². The molecule has 4 nitrogen and oxygen atoms in total. The Morgan fingerprint density at radius 2 is 1.95 bits per heavy atom. The first-order chi connectivity index (χ1) is 9.36. The Bertz CT molecular complexity index is 432. The highest BCUT2D eigenvalue weighted by atomic mass is 16.5. The SMILES string of the molecule is COCC(C)N(C)c1nc(C)cc(C)c1CNC(C)C. The number of nitrogens with zero attached hydrogens (tertiary/aromatic N) is 2. The molecule has 0 bridgehead atoms. The van der Waals surface area contributed by atoms with Crippen LogP contribution in [0.2, 0.25) is 0 Å². The number of likely N-dealkylation sites (N-methyl/N-ethyl adjacent to an activating group) is 1. The second kappa shape index (κ2) is 7.60. The smallest absolute Gasteiger partial charge is 0.133 e. The van der Waals surface area contributed by atoms with Crippen LogP contribution in [0.25, 0.3) is 0 Å². The molecule has 0 aliphatic rings. The van der Waals surface area contributed by atoms with E-state index in [0.717, 1.165) is 18.1 Å². The maximum atomic E-state index is 5.26. The Morgan fingerprint density at radius 3 is 2.50 bits per heavy atom. The quantitative estimate of drug-likeness (QED) is 0.832. The minimum Gasteiger partial charge on any atom is -0.383 e. The minimum atomic E-state index is 0.298. The van der Waals surface area contributed by atoms with E-state index in [2.05, 4.69) is 51.0 Å². The second-order valence-corrected chi connectivity index (χ2v) is 5.83. The van der Waals surface area contributed by atoms with Gasteiger partial charge in [-0.1, -0.05) is 13.8 Å². The van der Waals surface area contributed by atoms with Crippen LogP contribution in [0.4, 0.5) is 5.82 Å². The molecule has 0 aliphatic carbocycles. The number of aromatic nitrogens is 1. The van der Waals surface area contributed by atoms with Crippen LogP contribution in [0, 0.1) is 13.8 Å². The number of nitrogens with one attached hydrogen (secondary N) is 1. The molecule has 1 atom stereocenters. The Kier molecular flexibility index (Phi) is 6.43. The molecule has 0 amide bonds. The third kappa shape index (κ3) is 4.46. The van der Waals surface area contributed by atoms with Crippen LogP contribution < -0.4 is 10.2 Å². The largest absolute Gasteiger partial charge is 0.383 e. The summed E-state index contributed by atoms with van der Waals surface area (Å²) < 4.78 is 5.26. The van der Waals surface area contributed by atoms with Gasteiger partial charge in [0, 0.05) is 38.0 Å². The Hall–Kier alpha value is -1.13. The van der Waals surface area contributed by atoms with Crippen molar-refractivity contribution in [2.24, 2.45) is 0 Å². The lowest BCUT2D eigenvalue weighted by Crippen LogP contribution is -2.35. The standard InChI is InChI=1S/C16H29N3O/c1-11(2)17-9-15-12(3)8-13(4)18-16(15)19(6)14(5)10-20-7/h8,11,14,17H,9-10H2,1-7H3. The molecule has 1 heterocycles. The van der Waals surface area contributed by atoms with Crippen molar-refractivity contribution in [1.82, 2.24) is 10.3 Å². The van der Waals surface area contributed by atoms with Gasteiger partial charge in [-0.3, -0.25) is 0 Å².